The Bertz CT molecular complexity index is 3500. The minimum absolute atomic E-state index is 0.815. The summed E-state index contributed by atoms with van der Waals surface area (Å²) in [5, 5.41) is 11.8. The first-order valence-corrected chi connectivity index (χ1v) is 18.4. The Morgan fingerprint density at radius 2 is 0.833 bits per heavy atom. The highest BCUT2D eigenvalue weighted by atomic mass is 15.1. The lowest BCUT2D eigenvalue weighted by Crippen LogP contribution is -2.04. The third-order valence-electron chi connectivity index (χ3n) is 11.3. The Hall–Kier alpha value is -7.30. The quantitative estimate of drug-likeness (QED) is 0.173. The van der Waals surface area contributed by atoms with E-state index in [0.717, 1.165) is 55.6 Å². The molecule has 0 atom stereocenters. The maximum atomic E-state index is 5.74. The molecule has 9 aromatic carbocycles. The van der Waals surface area contributed by atoms with Gasteiger partial charge in [-0.25, -0.2) is 9.97 Å². The van der Waals surface area contributed by atoms with Gasteiger partial charge in [0.2, 0.25) is 0 Å². The molecule has 54 heavy (non-hydrogen) atoms. The van der Waals surface area contributed by atoms with Gasteiger partial charge in [0.25, 0.3) is 0 Å². The molecule has 0 unspecified atom stereocenters. The lowest BCUT2D eigenvalue weighted by Gasteiger charge is -2.16. The predicted octanol–water partition coefficient (Wildman–Crippen LogP) is 13.0. The van der Waals surface area contributed by atoms with E-state index in [-0.39, 0.29) is 0 Å². The highest BCUT2D eigenvalue weighted by Gasteiger charge is 2.24. The van der Waals surface area contributed by atoms with Gasteiger partial charge in [0.05, 0.1) is 33.1 Å². The van der Waals surface area contributed by atoms with Crippen LogP contribution < -0.4 is 0 Å². The van der Waals surface area contributed by atoms with Crippen LogP contribution in [0.1, 0.15) is 0 Å². The molecule has 0 saturated carbocycles. The van der Waals surface area contributed by atoms with E-state index in [2.05, 4.69) is 191 Å². The van der Waals surface area contributed by atoms with Crippen LogP contribution in [0.25, 0.3) is 110 Å². The monoisotopic (exact) mass is 686 g/mol. The average Bonchev–Trinajstić information content (AvgIpc) is 3.76. The van der Waals surface area contributed by atoms with Crippen molar-refractivity contribution in [3.8, 4) is 22.8 Å². The number of hydrogen-bond donors (Lipinski definition) is 0. The Morgan fingerprint density at radius 1 is 0.333 bits per heavy atom. The fraction of sp³-hybridized carbons (Fsp3) is 0. The molecule has 0 aliphatic rings. The topological polar surface area (TPSA) is 35.6 Å². The van der Waals surface area contributed by atoms with Crippen molar-refractivity contribution in [1.29, 1.82) is 0 Å². The molecule has 3 aromatic heterocycles. The number of fused-ring (bicyclic) bond motifs is 14. The number of benzene rings is 9. The molecular formula is C50H30N4. The van der Waals surface area contributed by atoms with Crippen LogP contribution >= 0.6 is 0 Å². The molecule has 0 saturated heterocycles. The fourth-order valence-electron chi connectivity index (χ4n) is 8.94. The van der Waals surface area contributed by atoms with Crippen LogP contribution in [0, 0.1) is 0 Å². The second-order valence-electron chi connectivity index (χ2n) is 14.1. The van der Waals surface area contributed by atoms with Crippen LogP contribution in [0.15, 0.2) is 182 Å². The lowest BCUT2D eigenvalue weighted by atomic mass is 9.99. The summed E-state index contributed by atoms with van der Waals surface area (Å²) in [6, 6.07) is 65.2. The first kappa shape index (κ1) is 29.3. The first-order valence-electron chi connectivity index (χ1n) is 18.4. The van der Waals surface area contributed by atoms with Crippen LogP contribution in [0.5, 0.6) is 0 Å². The number of para-hydroxylation sites is 3. The molecule has 0 spiro atoms. The van der Waals surface area contributed by atoms with Crippen LogP contribution in [0.3, 0.4) is 0 Å². The SMILES string of the molecule is c1ccc(-n2c3ccccc3c3c4c5ccccc5n(-c5nc6c7ccccc7c7ccccc7c6nc5-c5ccc6ccccc6c5)c4ccc32)cc1. The van der Waals surface area contributed by atoms with E-state index in [1.54, 1.807) is 0 Å². The standard InChI is InChI=1S/C50H30N4/c1-2-16-34(17-3-1)53-41-24-12-10-22-39(41)45-43(53)28-29-44-46(45)40-23-11-13-25-42(40)54(44)50-47(33-27-26-31-14-4-5-15-32(31)30-33)51-48-37-20-8-6-18-35(37)36-19-7-9-21-38(36)49(48)52-50/h1-30H. The van der Waals surface area contributed by atoms with E-state index in [0.29, 0.717) is 0 Å². The van der Waals surface area contributed by atoms with Crippen molar-refractivity contribution < 1.29 is 0 Å². The zero-order chi connectivity index (χ0) is 35.3. The van der Waals surface area contributed by atoms with Crippen molar-refractivity contribution >= 4 is 87.0 Å². The molecule has 0 fully saturated rings. The number of hydrogen-bond acceptors (Lipinski definition) is 2. The molecule has 12 aromatic rings. The molecule has 0 aliphatic carbocycles. The molecule has 0 N–H and O–H groups in total. The van der Waals surface area contributed by atoms with E-state index in [1.807, 2.05) is 0 Å². The van der Waals surface area contributed by atoms with Gasteiger partial charge in [-0.1, -0.05) is 140 Å². The third-order valence-corrected chi connectivity index (χ3v) is 11.3. The number of nitrogens with zero attached hydrogens (tertiary/aromatic N) is 4. The highest BCUT2D eigenvalue weighted by molar-refractivity contribution is 6.29. The maximum Gasteiger partial charge on any atom is 0.165 e. The van der Waals surface area contributed by atoms with Crippen molar-refractivity contribution in [2.24, 2.45) is 0 Å². The molecule has 0 radical (unpaired) electrons. The maximum absolute atomic E-state index is 5.74. The fourth-order valence-corrected chi connectivity index (χ4v) is 8.94. The Labute approximate surface area is 309 Å². The summed E-state index contributed by atoms with van der Waals surface area (Å²) in [6.45, 7) is 0. The Kier molecular flexibility index (Phi) is 6.02. The van der Waals surface area contributed by atoms with E-state index < -0.39 is 0 Å². The Morgan fingerprint density at radius 3 is 1.50 bits per heavy atom. The van der Waals surface area contributed by atoms with Crippen LogP contribution in [0.2, 0.25) is 0 Å². The lowest BCUT2D eigenvalue weighted by molar-refractivity contribution is 1.08. The van der Waals surface area contributed by atoms with Crippen molar-refractivity contribution in [2.75, 3.05) is 0 Å². The van der Waals surface area contributed by atoms with Gasteiger partial charge in [0.1, 0.15) is 5.69 Å². The van der Waals surface area contributed by atoms with Gasteiger partial charge in [-0.05, 0) is 64.0 Å². The molecule has 250 valence electrons. The number of rotatable bonds is 3. The van der Waals surface area contributed by atoms with Gasteiger partial charge in [0, 0.05) is 43.6 Å². The normalized spacial score (nSPS) is 12.1. The molecular weight excluding hydrogens is 657 g/mol. The zero-order valence-corrected chi connectivity index (χ0v) is 29.1. The summed E-state index contributed by atoms with van der Waals surface area (Å²) >= 11 is 0. The first-order chi connectivity index (χ1) is 26.8. The van der Waals surface area contributed by atoms with Crippen molar-refractivity contribution in [1.82, 2.24) is 19.1 Å². The Balaban J connectivity index is 1.28. The summed E-state index contributed by atoms with van der Waals surface area (Å²) in [6.07, 6.45) is 0. The molecule has 0 amide bonds. The molecule has 4 nitrogen and oxygen atoms in total. The predicted molar refractivity (Wildman–Crippen MR) is 226 cm³/mol. The summed E-state index contributed by atoms with van der Waals surface area (Å²) in [4.78, 5) is 11.4. The minimum Gasteiger partial charge on any atom is -0.309 e. The second-order valence-corrected chi connectivity index (χ2v) is 14.1. The average molecular weight is 687 g/mol. The molecule has 12 rings (SSSR count). The zero-order valence-electron chi connectivity index (χ0n) is 29.1. The van der Waals surface area contributed by atoms with Crippen molar-refractivity contribution in [3.63, 3.8) is 0 Å². The van der Waals surface area contributed by atoms with Gasteiger partial charge < -0.3 is 4.57 Å². The van der Waals surface area contributed by atoms with Crippen molar-refractivity contribution in [3.05, 3.63) is 182 Å². The molecule has 3 heterocycles. The minimum atomic E-state index is 0.815. The summed E-state index contributed by atoms with van der Waals surface area (Å²) in [5.41, 5.74) is 9.38. The van der Waals surface area contributed by atoms with E-state index in [4.69, 9.17) is 9.97 Å². The summed E-state index contributed by atoms with van der Waals surface area (Å²) in [5.74, 6) is 0.815. The van der Waals surface area contributed by atoms with Crippen LogP contribution in [-0.4, -0.2) is 19.1 Å². The largest absolute Gasteiger partial charge is 0.309 e. The van der Waals surface area contributed by atoms with Crippen molar-refractivity contribution in [2.45, 2.75) is 0 Å². The molecule has 4 heteroatoms. The number of aromatic nitrogens is 4. The van der Waals surface area contributed by atoms with Crippen LogP contribution in [-0.2, 0) is 0 Å². The van der Waals surface area contributed by atoms with Gasteiger partial charge in [-0.3, -0.25) is 4.57 Å². The van der Waals surface area contributed by atoms with Gasteiger partial charge >= 0.3 is 0 Å². The van der Waals surface area contributed by atoms with E-state index in [1.165, 1.54) is 54.1 Å². The van der Waals surface area contributed by atoms with Gasteiger partial charge in [-0.15, -0.1) is 0 Å². The molecule has 0 aliphatic heterocycles. The smallest absolute Gasteiger partial charge is 0.165 e. The summed E-state index contributed by atoms with van der Waals surface area (Å²) < 4.78 is 4.75. The molecule has 0 bridgehead atoms. The van der Waals surface area contributed by atoms with Crippen LogP contribution in [0.4, 0.5) is 0 Å². The summed E-state index contributed by atoms with van der Waals surface area (Å²) in [7, 11) is 0. The van der Waals surface area contributed by atoms with E-state index in [9.17, 15) is 0 Å². The van der Waals surface area contributed by atoms with E-state index >= 15 is 0 Å². The van der Waals surface area contributed by atoms with Gasteiger partial charge in [-0.2, -0.15) is 0 Å². The third kappa shape index (κ3) is 4.02. The van der Waals surface area contributed by atoms with Gasteiger partial charge in [0.15, 0.2) is 5.82 Å². The highest BCUT2D eigenvalue weighted by Crippen LogP contribution is 2.44. The second kappa shape index (κ2) is 11.1.